The number of rotatable bonds is 6. The van der Waals surface area contributed by atoms with Crippen molar-refractivity contribution in [1.82, 2.24) is 4.57 Å². The Kier molecular flexibility index (Phi) is 5.03. The van der Waals surface area contributed by atoms with E-state index in [1.165, 1.54) is 4.57 Å². The van der Waals surface area contributed by atoms with Crippen LogP contribution in [0.25, 0.3) is 0 Å². The van der Waals surface area contributed by atoms with Gasteiger partial charge in [-0.25, -0.2) is 4.79 Å². The highest BCUT2D eigenvalue weighted by Gasteiger charge is 2.21. The van der Waals surface area contributed by atoms with E-state index in [4.69, 9.17) is 4.74 Å². The number of nitrogens with zero attached hydrogens (tertiary/aromatic N) is 1. The van der Waals surface area contributed by atoms with Crippen LogP contribution in [-0.4, -0.2) is 15.6 Å². The molecule has 0 saturated heterocycles. The van der Waals surface area contributed by atoms with Crippen LogP contribution in [0, 0.1) is 12.8 Å². The van der Waals surface area contributed by atoms with Gasteiger partial charge in [-0.05, 0) is 25.0 Å². The van der Waals surface area contributed by atoms with E-state index in [2.05, 4.69) is 0 Å². The first-order valence-corrected chi connectivity index (χ1v) is 7.85. The molecule has 0 spiro atoms. The van der Waals surface area contributed by atoms with Crippen LogP contribution in [0.4, 0.5) is 0 Å². The molecule has 1 N–H and O–H groups in total. The number of carboxylic acids is 1. The average molecular weight is 321 g/mol. The number of aromatic carboxylic acids is 1. The van der Waals surface area contributed by atoms with Crippen molar-refractivity contribution in [2.24, 2.45) is 5.92 Å². The maximum atomic E-state index is 12.0. The number of aryl methyl sites for hydroxylation is 1. The minimum atomic E-state index is -1.09. The van der Waals surface area contributed by atoms with Crippen molar-refractivity contribution in [1.29, 1.82) is 0 Å². The van der Waals surface area contributed by atoms with Gasteiger partial charge < -0.3 is 9.84 Å². The summed E-state index contributed by atoms with van der Waals surface area (Å²) in [6.45, 7) is 6.49. The molecule has 0 amide bonds. The molecule has 0 bridgehead atoms. The number of hydrogen-bond donors (Lipinski definition) is 1. The van der Waals surface area contributed by atoms with Gasteiger partial charge in [-0.3, -0.25) is 9.36 Å². The van der Waals surface area contributed by atoms with Crippen LogP contribution in [0.2, 0.25) is 0 Å². The predicted octanol–water partition coefficient (Wildman–Crippen LogP) is 3.15. The van der Waals surface area contributed by atoms with E-state index in [-0.39, 0.29) is 22.3 Å². The first-order chi connectivity index (χ1) is 10.4. The van der Waals surface area contributed by atoms with E-state index < -0.39 is 5.97 Å². The first kappa shape index (κ1) is 16.3. The first-order valence-electron chi connectivity index (χ1n) is 7.03. The zero-order valence-electron chi connectivity index (χ0n) is 12.8. The summed E-state index contributed by atoms with van der Waals surface area (Å²) in [6, 6.07) is 7.49. The normalized spacial score (nSPS) is 10.9. The minimum Gasteiger partial charge on any atom is -0.487 e. The summed E-state index contributed by atoms with van der Waals surface area (Å²) >= 11 is 0.757. The van der Waals surface area contributed by atoms with Gasteiger partial charge in [0.25, 0.3) is 0 Å². The second kappa shape index (κ2) is 6.79. The molecule has 1 aromatic heterocycles. The fourth-order valence-corrected chi connectivity index (χ4v) is 2.92. The zero-order chi connectivity index (χ0) is 16.3. The van der Waals surface area contributed by atoms with Gasteiger partial charge in [-0.1, -0.05) is 42.9 Å². The van der Waals surface area contributed by atoms with Gasteiger partial charge in [0, 0.05) is 6.54 Å². The summed E-state index contributed by atoms with van der Waals surface area (Å²) in [5, 5.41) is 9.27. The Morgan fingerprint density at radius 2 is 1.95 bits per heavy atom. The lowest BCUT2D eigenvalue weighted by atomic mass is 10.2. The highest BCUT2D eigenvalue weighted by Crippen LogP contribution is 2.19. The van der Waals surface area contributed by atoms with Crippen molar-refractivity contribution in [3.8, 4) is 5.75 Å². The molecule has 2 aromatic rings. The minimum absolute atomic E-state index is 0.0535. The van der Waals surface area contributed by atoms with Crippen molar-refractivity contribution in [3.05, 3.63) is 50.1 Å². The van der Waals surface area contributed by atoms with Crippen molar-refractivity contribution in [2.75, 3.05) is 0 Å². The largest absolute Gasteiger partial charge is 0.487 e. The Morgan fingerprint density at radius 1 is 1.32 bits per heavy atom. The van der Waals surface area contributed by atoms with Crippen molar-refractivity contribution in [3.63, 3.8) is 0 Å². The molecule has 118 valence electrons. The van der Waals surface area contributed by atoms with Crippen LogP contribution in [0.1, 0.15) is 34.8 Å². The molecule has 0 radical (unpaired) electrons. The van der Waals surface area contributed by atoms with E-state index in [0.717, 1.165) is 16.9 Å². The fraction of sp³-hybridized carbons (Fsp3) is 0.375. The molecule has 2 rings (SSSR count). The molecule has 5 nitrogen and oxygen atoms in total. The second-order valence-corrected chi connectivity index (χ2v) is 6.52. The van der Waals surface area contributed by atoms with E-state index in [1.54, 1.807) is 0 Å². The smallest absolute Gasteiger partial charge is 0.348 e. The molecule has 0 atom stereocenters. The Morgan fingerprint density at radius 3 is 2.50 bits per heavy atom. The second-order valence-electron chi connectivity index (χ2n) is 5.56. The molecule has 0 aliphatic carbocycles. The van der Waals surface area contributed by atoms with Crippen molar-refractivity contribution < 1.29 is 14.6 Å². The molecule has 1 heterocycles. The lowest BCUT2D eigenvalue weighted by molar-refractivity contribution is 0.0698. The summed E-state index contributed by atoms with van der Waals surface area (Å²) in [4.78, 5) is 23.1. The Bertz CT molecular complexity index is 713. The fourth-order valence-electron chi connectivity index (χ4n) is 2.08. The molecular formula is C16H19NO4S. The molecule has 0 saturated carbocycles. The lowest BCUT2D eigenvalue weighted by Gasteiger charge is -2.12. The molecular weight excluding hydrogens is 302 g/mol. The van der Waals surface area contributed by atoms with Crippen molar-refractivity contribution >= 4 is 17.3 Å². The SMILES string of the molecule is Cc1ccc(OCc2c(C(=O)O)sc(=O)n2CC(C)C)cc1. The van der Waals surface area contributed by atoms with E-state index >= 15 is 0 Å². The van der Waals surface area contributed by atoms with Gasteiger partial charge in [-0.2, -0.15) is 0 Å². The van der Waals surface area contributed by atoms with E-state index in [0.29, 0.717) is 18.0 Å². The van der Waals surface area contributed by atoms with Gasteiger partial charge in [0.1, 0.15) is 17.2 Å². The number of hydrogen-bond acceptors (Lipinski definition) is 4. The molecule has 1 aromatic carbocycles. The van der Waals surface area contributed by atoms with Gasteiger partial charge in [0.15, 0.2) is 0 Å². The van der Waals surface area contributed by atoms with Crippen LogP contribution < -0.4 is 9.61 Å². The van der Waals surface area contributed by atoms with Crippen LogP contribution in [0.3, 0.4) is 0 Å². The number of carboxylic acid groups (broad SMARTS) is 1. The predicted molar refractivity (Wildman–Crippen MR) is 85.9 cm³/mol. The number of aromatic nitrogens is 1. The molecule has 0 aliphatic rings. The highest BCUT2D eigenvalue weighted by molar-refractivity contribution is 7.11. The highest BCUT2D eigenvalue weighted by atomic mass is 32.1. The Balaban J connectivity index is 2.29. The summed E-state index contributed by atoms with van der Waals surface area (Å²) in [5.41, 5.74) is 1.54. The number of carbonyl (C=O) groups is 1. The van der Waals surface area contributed by atoms with E-state index in [1.807, 2.05) is 45.0 Å². The van der Waals surface area contributed by atoms with E-state index in [9.17, 15) is 14.7 Å². The number of benzene rings is 1. The standard InChI is InChI=1S/C16H19NO4S/c1-10(2)8-17-13(14(15(18)19)22-16(17)20)9-21-12-6-4-11(3)5-7-12/h4-7,10H,8-9H2,1-3H3,(H,18,19). The van der Waals surface area contributed by atoms with Gasteiger partial charge in [0.05, 0.1) is 5.69 Å². The summed E-state index contributed by atoms with van der Waals surface area (Å²) < 4.78 is 7.16. The van der Waals surface area contributed by atoms with Crippen LogP contribution in [0.15, 0.2) is 29.1 Å². The summed E-state index contributed by atoms with van der Waals surface area (Å²) in [6.07, 6.45) is 0. The van der Waals surface area contributed by atoms with Crippen molar-refractivity contribution in [2.45, 2.75) is 33.9 Å². The third-order valence-electron chi connectivity index (χ3n) is 3.14. The van der Waals surface area contributed by atoms with Gasteiger partial charge in [0.2, 0.25) is 0 Å². The Hall–Kier alpha value is -2.08. The summed E-state index contributed by atoms with van der Waals surface area (Å²) in [5.74, 6) is -0.198. The molecule has 0 unspecified atom stereocenters. The quantitative estimate of drug-likeness (QED) is 0.887. The number of thiazole rings is 1. The number of ether oxygens (including phenoxy) is 1. The maximum Gasteiger partial charge on any atom is 0.348 e. The van der Waals surface area contributed by atoms with Gasteiger partial charge in [-0.15, -0.1) is 0 Å². The van der Waals surface area contributed by atoms with Crippen LogP contribution in [-0.2, 0) is 13.2 Å². The summed E-state index contributed by atoms with van der Waals surface area (Å²) in [7, 11) is 0. The topological polar surface area (TPSA) is 68.5 Å². The lowest BCUT2D eigenvalue weighted by Crippen LogP contribution is -2.20. The monoisotopic (exact) mass is 321 g/mol. The van der Waals surface area contributed by atoms with Crippen LogP contribution >= 0.6 is 11.3 Å². The zero-order valence-corrected chi connectivity index (χ0v) is 13.6. The third-order valence-corrected chi connectivity index (χ3v) is 4.15. The van der Waals surface area contributed by atoms with Gasteiger partial charge >= 0.3 is 10.8 Å². The third kappa shape index (κ3) is 3.76. The van der Waals surface area contributed by atoms with Crippen LogP contribution in [0.5, 0.6) is 5.75 Å². The Labute approximate surface area is 132 Å². The molecule has 22 heavy (non-hydrogen) atoms. The molecule has 0 aliphatic heterocycles. The molecule has 6 heteroatoms. The maximum absolute atomic E-state index is 12.0. The average Bonchev–Trinajstić information content (AvgIpc) is 2.75. The molecule has 0 fully saturated rings.